The van der Waals surface area contributed by atoms with Crippen LogP contribution in [0.4, 0.5) is 19.7 Å². The van der Waals surface area contributed by atoms with Gasteiger partial charge >= 0.3 is 0 Å². The fourth-order valence-corrected chi connectivity index (χ4v) is 4.65. The third-order valence-corrected chi connectivity index (χ3v) is 7.06. The molecular formula is C26H24F2N6O3S. The highest BCUT2D eigenvalue weighted by Crippen LogP contribution is 2.37. The number of aromatic nitrogens is 4. The van der Waals surface area contributed by atoms with Crippen molar-refractivity contribution in [2.24, 2.45) is 11.8 Å². The molecule has 1 unspecified atom stereocenters. The molecule has 2 aliphatic rings. The molecular weight excluding hydrogens is 514 g/mol. The van der Waals surface area contributed by atoms with Gasteiger partial charge in [0.1, 0.15) is 17.3 Å². The third kappa shape index (κ3) is 5.62. The van der Waals surface area contributed by atoms with E-state index in [1.165, 1.54) is 25.6 Å². The summed E-state index contributed by atoms with van der Waals surface area (Å²) in [7, 11) is 1.38. The molecule has 3 aromatic heterocycles. The van der Waals surface area contributed by atoms with Crippen molar-refractivity contribution >= 4 is 34.1 Å². The number of hydrogen-bond acceptors (Lipinski definition) is 8. The Labute approximate surface area is 221 Å². The van der Waals surface area contributed by atoms with Gasteiger partial charge in [-0.3, -0.25) is 24.8 Å². The third-order valence-electron chi connectivity index (χ3n) is 6.31. The molecule has 0 bridgehead atoms. The second-order valence-corrected chi connectivity index (χ2v) is 10.2. The van der Waals surface area contributed by atoms with Gasteiger partial charge in [0.05, 0.1) is 18.9 Å². The number of piperidine rings is 1. The van der Waals surface area contributed by atoms with Gasteiger partial charge < -0.3 is 4.74 Å². The number of rotatable bonds is 6. The monoisotopic (exact) mass is 538 g/mol. The predicted molar refractivity (Wildman–Crippen MR) is 137 cm³/mol. The first-order valence-corrected chi connectivity index (χ1v) is 12.9. The fourth-order valence-electron chi connectivity index (χ4n) is 4.05. The van der Waals surface area contributed by atoms with E-state index in [2.05, 4.69) is 37.3 Å². The molecule has 2 fully saturated rings. The van der Waals surface area contributed by atoms with Crippen LogP contribution in [-0.2, 0) is 4.79 Å². The molecule has 1 N–H and O–H groups in total. The number of carbonyl (C=O) groups excluding carboxylic acids is 2. The molecule has 2 amide bonds. The number of amides is 2. The summed E-state index contributed by atoms with van der Waals surface area (Å²) in [5, 5.41) is 11.4. The van der Waals surface area contributed by atoms with Crippen molar-refractivity contribution in [1.82, 2.24) is 20.2 Å². The number of carbonyl (C=O) groups is 2. The number of alkyl halides is 2. The van der Waals surface area contributed by atoms with Crippen LogP contribution in [-0.4, -0.2) is 45.6 Å². The first-order valence-electron chi connectivity index (χ1n) is 12.1. The van der Waals surface area contributed by atoms with E-state index in [0.717, 1.165) is 30.6 Å². The van der Waals surface area contributed by atoms with E-state index in [1.54, 1.807) is 11.0 Å². The lowest BCUT2D eigenvalue weighted by Gasteiger charge is -2.29. The molecule has 0 aromatic carbocycles. The lowest BCUT2D eigenvalue weighted by atomic mass is 9.97. The number of hydrogen-bond donors (Lipinski definition) is 1. The highest BCUT2D eigenvalue weighted by atomic mass is 32.1. The van der Waals surface area contributed by atoms with Crippen molar-refractivity contribution in [2.75, 3.05) is 23.9 Å². The summed E-state index contributed by atoms with van der Waals surface area (Å²) in [6.45, 7) is 2.47. The minimum atomic E-state index is -2.83. The fraction of sp³-hybridized carbons (Fsp3) is 0.385. The Morgan fingerprint density at radius 2 is 2.00 bits per heavy atom. The quantitative estimate of drug-likeness (QED) is 0.452. The zero-order valence-corrected chi connectivity index (χ0v) is 21.5. The topological polar surface area (TPSA) is 110 Å². The standard InChI is InChI=1S/C26H24F2N6O3S/c1-14-7-8-34(23(35)9-14)21-11-16(17-10-19(24(27)28)29-13-20(17)37-2)18(12-30-21)25(36)31-26-33-32-22(38-26)6-5-15-3-4-15/h10-15,24H,3-4,7-9H2,1-2H3,(H,31,33,36). The van der Waals surface area contributed by atoms with Gasteiger partial charge in [-0.1, -0.05) is 24.2 Å². The van der Waals surface area contributed by atoms with Crippen LogP contribution in [0.3, 0.4) is 0 Å². The molecule has 1 aliphatic heterocycles. The molecule has 38 heavy (non-hydrogen) atoms. The Morgan fingerprint density at radius 1 is 1.18 bits per heavy atom. The average molecular weight is 539 g/mol. The zero-order valence-electron chi connectivity index (χ0n) is 20.7. The van der Waals surface area contributed by atoms with Crippen LogP contribution < -0.4 is 15.0 Å². The maximum absolute atomic E-state index is 13.5. The Bertz CT molecular complexity index is 1450. The van der Waals surface area contributed by atoms with Crippen molar-refractivity contribution in [3.8, 4) is 28.7 Å². The molecule has 0 radical (unpaired) electrons. The maximum atomic E-state index is 13.5. The van der Waals surface area contributed by atoms with Gasteiger partial charge in [-0.15, -0.1) is 10.2 Å². The van der Waals surface area contributed by atoms with Crippen LogP contribution >= 0.6 is 11.3 Å². The molecule has 0 spiro atoms. The van der Waals surface area contributed by atoms with Crippen molar-refractivity contribution in [1.29, 1.82) is 0 Å². The van der Waals surface area contributed by atoms with Crippen molar-refractivity contribution in [3.63, 3.8) is 0 Å². The number of halogens is 2. The molecule has 4 heterocycles. The molecule has 1 saturated heterocycles. The first-order chi connectivity index (χ1) is 18.3. The van der Waals surface area contributed by atoms with E-state index < -0.39 is 18.0 Å². The van der Waals surface area contributed by atoms with Crippen LogP contribution in [0.15, 0.2) is 24.5 Å². The van der Waals surface area contributed by atoms with Crippen molar-refractivity contribution in [3.05, 3.63) is 40.8 Å². The molecule has 3 aromatic rings. The van der Waals surface area contributed by atoms with Gasteiger partial charge in [-0.05, 0) is 43.2 Å². The minimum Gasteiger partial charge on any atom is -0.494 e. The van der Waals surface area contributed by atoms with Gasteiger partial charge in [0.2, 0.25) is 11.0 Å². The molecule has 1 aliphatic carbocycles. The van der Waals surface area contributed by atoms with E-state index in [0.29, 0.717) is 29.7 Å². The maximum Gasteiger partial charge on any atom is 0.280 e. The molecule has 9 nitrogen and oxygen atoms in total. The molecule has 12 heteroatoms. The minimum absolute atomic E-state index is 0.0807. The van der Waals surface area contributed by atoms with Gasteiger partial charge in [0, 0.05) is 36.2 Å². The number of anilines is 2. The van der Waals surface area contributed by atoms with Crippen molar-refractivity contribution in [2.45, 2.75) is 39.0 Å². The van der Waals surface area contributed by atoms with Crippen LogP contribution in [0, 0.1) is 23.7 Å². The molecule has 196 valence electrons. The lowest BCUT2D eigenvalue weighted by Crippen LogP contribution is -2.38. The normalized spacial score (nSPS) is 17.2. The Hall–Kier alpha value is -3.98. The highest BCUT2D eigenvalue weighted by molar-refractivity contribution is 7.15. The number of methoxy groups -OCH3 is 1. The van der Waals surface area contributed by atoms with Crippen molar-refractivity contribution < 1.29 is 23.1 Å². The summed E-state index contributed by atoms with van der Waals surface area (Å²) in [5.74, 6) is 6.54. The van der Waals surface area contributed by atoms with Crippen LogP contribution in [0.2, 0.25) is 0 Å². The SMILES string of the molecule is COc1cnc(C(F)F)cc1-c1cc(N2CCC(C)CC2=O)ncc1C(=O)Nc1nnc(C#CC2CC2)s1. The Morgan fingerprint density at radius 3 is 2.71 bits per heavy atom. The zero-order chi connectivity index (χ0) is 26.8. The van der Waals surface area contributed by atoms with Crippen LogP contribution in [0.25, 0.3) is 11.1 Å². The van der Waals surface area contributed by atoms with Gasteiger partial charge in [-0.2, -0.15) is 0 Å². The Kier molecular flexibility index (Phi) is 7.28. The van der Waals surface area contributed by atoms with Gasteiger partial charge in [-0.25, -0.2) is 13.8 Å². The van der Waals surface area contributed by atoms with E-state index in [9.17, 15) is 18.4 Å². The summed E-state index contributed by atoms with van der Waals surface area (Å²) in [6, 6.07) is 2.72. The molecule has 1 saturated carbocycles. The largest absolute Gasteiger partial charge is 0.494 e. The predicted octanol–water partition coefficient (Wildman–Crippen LogP) is 4.72. The number of nitrogens with one attached hydrogen (secondary N) is 1. The van der Waals surface area contributed by atoms with Gasteiger partial charge in [0.25, 0.3) is 12.3 Å². The van der Waals surface area contributed by atoms with E-state index in [1.807, 2.05) is 6.92 Å². The second-order valence-electron chi connectivity index (χ2n) is 9.25. The van der Waals surface area contributed by atoms with E-state index in [4.69, 9.17) is 4.74 Å². The summed E-state index contributed by atoms with van der Waals surface area (Å²) in [5.41, 5.74) is 0.0875. The Balaban J connectivity index is 1.53. The van der Waals surface area contributed by atoms with E-state index in [-0.39, 0.29) is 39.4 Å². The van der Waals surface area contributed by atoms with E-state index >= 15 is 0 Å². The summed E-state index contributed by atoms with van der Waals surface area (Å²) in [4.78, 5) is 35.8. The summed E-state index contributed by atoms with van der Waals surface area (Å²) in [6.07, 6.45) is 2.99. The average Bonchev–Trinajstić information content (AvgIpc) is 3.64. The second kappa shape index (κ2) is 10.8. The smallest absolute Gasteiger partial charge is 0.280 e. The molecule has 1 atom stereocenters. The highest BCUT2D eigenvalue weighted by Gasteiger charge is 2.28. The number of pyridine rings is 2. The summed E-state index contributed by atoms with van der Waals surface area (Å²) < 4.78 is 32.5. The number of ether oxygens (including phenoxy) is 1. The summed E-state index contributed by atoms with van der Waals surface area (Å²) >= 11 is 1.13. The molecule has 5 rings (SSSR count). The number of nitrogens with zero attached hydrogens (tertiary/aromatic N) is 5. The van der Waals surface area contributed by atoms with Crippen LogP contribution in [0.5, 0.6) is 5.75 Å². The lowest BCUT2D eigenvalue weighted by molar-refractivity contribution is -0.120. The van der Waals surface area contributed by atoms with Gasteiger partial charge in [0.15, 0.2) is 5.01 Å². The first kappa shape index (κ1) is 25.7. The van der Waals surface area contributed by atoms with Crippen LogP contribution in [0.1, 0.15) is 60.1 Å².